The molecule has 5 heteroatoms. The third-order valence-electron chi connectivity index (χ3n) is 2.81. The first-order valence-corrected chi connectivity index (χ1v) is 7.16. The number of hydrogen-bond acceptors (Lipinski definition) is 1. The summed E-state index contributed by atoms with van der Waals surface area (Å²) in [5, 5.41) is 0.982. The lowest BCUT2D eigenvalue weighted by atomic mass is 9.99. The van der Waals surface area contributed by atoms with Crippen molar-refractivity contribution in [3.63, 3.8) is 0 Å². The molecule has 2 rings (SSSR count). The predicted octanol–water partition coefficient (Wildman–Crippen LogP) is 5.14. The fourth-order valence-corrected chi connectivity index (χ4v) is 2.71. The van der Waals surface area contributed by atoms with Gasteiger partial charge in [-0.1, -0.05) is 45.2 Å². The Labute approximate surface area is 129 Å². The quantitative estimate of drug-likeness (QED) is 0.803. The highest BCUT2D eigenvalue weighted by molar-refractivity contribution is 9.10. The Morgan fingerprint density at radius 1 is 1.11 bits per heavy atom. The number of nitrogens with two attached hydrogens (primary N) is 1. The maximum atomic E-state index is 13.0. The Morgan fingerprint density at radius 3 is 2.53 bits per heavy atom. The molecule has 0 bridgehead atoms. The van der Waals surface area contributed by atoms with Crippen LogP contribution >= 0.6 is 39.1 Å². The second kappa shape index (κ2) is 6.23. The fourth-order valence-electron chi connectivity index (χ4n) is 1.83. The van der Waals surface area contributed by atoms with E-state index < -0.39 is 0 Å². The maximum absolute atomic E-state index is 13.0. The summed E-state index contributed by atoms with van der Waals surface area (Å²) < 4.78 is 13.9. The summed E-state index contributed by atoms with van der Waals surface area (Å²) in [4.78, 5) is 0. The molecular formula is C14H11BrCl2FN. The Balaban J connectivity index is 2.25. The molecule has 0 aliphatic carbocycles. The number of rotatable bonds is 3. The summed E-state index contributed by atoms with van der Waals surface area (Å²) in [7, 11) is 0. The SMILES string of the molecule is NC(Cc1ccc(F)cc1Cl)c1cc(Br)ccc1Cl. The largest absolute Gasteiger partial charge is 0.324 e. The Bertz CT molecular complexity index is 604. The van der Waals surface area contributed by atoms with Crippen LogP contribution in [0.1, 0.15) is 17.2 Å². The zero-order valence-corrected chi connectivity index (χ0v) is 12.9. The molecule has 0 aliphatic rings. The number of hydrogen-bond donors (Lipinski definition) is 1. The molecule has 0 fully saturated rings. The minimum atomic E-state index is -0.359. The van der Waals surface area contributed by atoms with Gasteiger partial charge in [-0.3, -0.25) is 0 Å². The van der Waals surface area contributed by atoms with Gasteiger partial charge in [-0.2, -0.15) is 0 Å². The number of halogens is 4. The van der Waals surface area contributed by atoms with Crippen molar-refractivity contribution in [2.75, 3.05) is 0 Å². The molecule has 2 aromatic rings. The molecule has 19 heavy (non-hydrogen) atoms. The molecule has 1 atom stereocenters. The predicted molar refractivity (Wildman–Crippen MR) is 81.2 cm³/mol. The van der Waals surface area contributed by atoms with Gasteiger partial charge in [-0.05, 0) is 47.9 Å². The highest BCUT2D eigenvalue weighted by Gasteiger charge is 2.13. The van der Waals surface area contributed by atoms with Crippen molar-refractivity contribution in [2.45, 2.75) is 12.5 Å². The fraction of sp³-hybridized carbons (Fsp3) is 0.143. The maximum Gasteiger partial charge on any atom is 0.124 e. The van der Waals surface area contributed by atoms with Crippen molar-refractivity contribution >= 4 is 39.1 Å². The third kappa shape index (κ3) is 3.69. The summed E-state index contributed by atoms with van der Waals surface area (Å²) >= 11 is 15.5. The molecule has 1 unspecified atom stereocenters. The molecule has 0 spiro atoms. The van der Waals surface area contributed by atoms with E-state index in [-0.39, 0.29) is 11.9 Å². The van der Waals surface area contributed by atoms with Gasteiger partial charge >= 0.3 is 0 Å². The summed E-state index contributed by atoms with van der Waals surface area (Å²) in [6, 6.07) is 9.51. The van der Waals surface area contributed by atoms with Gasteiger partial charge in [0.25, 0.3) is 0 Å². The van der Waals surface area contributed by atoms with Crippen LogP contribution in [0, 0.1) is 5.82 Å². The van der Waals surface area contributed by atoms with E-state index in [1.807, 2.05) is 12.1 Å². The van der Waals surface area contributed by atoms with E-state index in [0.717, 1.165) is 15.6 Å². The van der Waals surface area contributed by atoms with Crippen molar-refractivity contribution in [1.82, 2.24) is 0 Å². The normalized spacial score (nSPS) is 12.5. The Kier molecular flexibility index (Phi) is 4.85. The first-order chi connectivity index (χ1) is 8.97. The molecule has 0 saturated heterocycles. The minimum Gasteiger partial charge on any atom is -0.324 e. The van der Waals surface area contributed by atoms with Gasteiger partial charge in [0.1, 0.15) is 5.82 Å². The molecule has 0 heterocycles. The second-order valence-corrected chi connectivity index (χ2v) is 5.94. The minimum absolute atomic E-state index is 0.298. The number of benzene rings is 2. The summed E-state index contributed by atoms with van der Waals surface area (Å²) in [5.74, 6) is -0.359. The molecule has 0 aliphatic heterocycles. The molecule has 0 saturated carbocycles. The topological polar surface area (TPSA) is 26.0 Å². The van der Waals surface area contributed by atoms with Crippen molar-refractivity contribution in [3.8, 4) is 0 Å². The standard InChI is InChI=1S/C14H11BrCl2FN/c15-9-2-4-12(16)11(6-9)14(19)5-8-1-3-10(18)7-13(8)17/h1-4,6-7,14H,5,19H2. The van der Waals surface area contributed by atoms with Crippen LogP contribution in [0.2, 0.25) is 10.0 Å². The van der Waals surface area contributed by atoms with Crippen molar-refractivity contribution in [1.29, 1.82) is 0 Å². The Morgan fingerprint density at radius 2 is 1.84 bits per heavy atom. The summed E-state index contributed by atoms with van der Waals surface area (Å²) in [5.41, 5.74) is 7.77. The Hall–Kier alpha value is -0.610. The van der Waals surface area contributed by atoms with Gasteiger partial charge in [-0.25, -0.2) is 4.39 Å². The highest BCUT2D eigenvalue weighted by Crippen LogP contribution is 2.29. The van der Waals surface area contributed by atoms with Gasteiger partial charge in [0.05, 0.1) is 0 Å². The van der Waals surface area contributed by atoms with Crippen LogP contribution in [0.15, 0.2) is 40.9 Å². The lowest BCUT2D eigenvalue weighted by Gasteiger charge is -2.15. The smallest absolute Gasteiger partial charge is 0.124 e. The molecule has 100 valence electrons. The first kappa shape index (κ1) is 14.8. The summed E-state index contributed by atoms with van der Waals surface area (Å²) in [6.45, 7) is 0. The molecule has 0 amide bonds. The van der Waals surface area contributed by atoms with Gasteiger partial charge < -0.3 is 5.73 Å². The van der Waals surface area contributed by atoms with E-state index in [0.29, 0.717) is 16.5 Å². The lowest BCUT2D eigenvalue weighted by molar-refractivity contribution is 0.625. The monoisotopic (exact) mass is 361 g/mol. The van der Waals surface area contributed by atoms with Crippen molar-refractivity contribution in [2.24, 2.45) is 5.73 Å². The molecule has 0 aromatic heterocycles. The lowest BCUT2D eigenvalue weighted by Crippen LogP contribution is -2.14. The van der Waals surface area contributed by atoms with E-state index in [1.165, 1.54) is 12.1 Å². The molecule has 0 radical (unpaired) electrons. The van der Waals surface area contributed by atoms with E-state index in [9.17, 15) is 4.39 Å². The van der Waals surface area contributed by atoms with Crippen LogP contribution < -0.4 is 5.73 Å². The van der Waals surface area contributed by atoms with Gasteiger partial charge in [-0.15, -0.1) is 0 Å². The van der Waals surface area contributed by atoms with Crippen LogP contribution in [0.5, 0.6) is 0 Å². The van der Waals surface area contributed by atoms with Gasteiger partial charge in [0, 0.05) is 20.6 Å². The average molecular weight is 363 g/mol. The van der Waals surface area contributed by atoms with E-state index in [4.69, 9.17) is 28.9 Å². The third-order valence-corrected chi connectivity index (χ3v) is 4.00. The molecular weight excluding hydrogens is 352 g/mol. The van der Waals surface area contributed by atoms with Crippen molar-refractivity contribution < 1.29 is 4.39 Å². The zero-order valence-electron chi connectivity index (χ0n) is 9.84. The van der Waals surface area contributed by atoms with Gasteiger partial charge in [0.15, 0.2) is 0 Å². The van der Waals surface area contributed by atoms with Crippen LogP contribution in [0.3, 0.4) is 0 Å². The highest BCUT2D eigenvalue weighted by atomic mass is 79.9. The average Bonchev–Trinajstić information content (AvgIpc) is 2.35. The van der Waals surface area contributed by atoms with E-state index in [2.05, 4.69) is 15.9 Å². The van der Waals surface area contributed by atoms with Crippen LogP contribution in [-0.2, 0) is 6.42 Å². The molecule has 2 aromatic carbocycles. The van der Waals surface area contributed by atoms with E-state index in [1.54, 1.807) is 12.1 Å². The van der Waals surface area contributed by atoms with E-state index >= 15 is 0 Å². The van der Waals surface area contributed by atoms with Crippen molar-refractivity contribution in [3.05, 3.63) is 67.9 Å². The molecule has 1 nitrogen and oxygen atoms in total. The van der Waals surface area contributed by atoms with Crippen LogP contribution in [-0.4, -0.2) is 0 Å². The van der Waals surface area contributed by atoms with Crippen LogP contribution in [0.4, 0.5) is 4.39 Å². The first-order valence-electron chi connectivity index (χ1n) is 5.62. The van der Waals surface area contributed by atoms with Crippen LogP contribution in [0.25, 0.3) is 0 Å². The summed E-state index contributed by atoms with van der Waals surface area (Å²) in [6.07, 6.45) is 0.495. The van der Waals surface area contributed by atoms with Gasteiger partial charge in [0.2, 0.25) is 0 Å². The molecule has 2 N–H and O–H groups in total. The zero-order chi connectivity index (χ0) is 14.0. The second-order valence-electron chi connectivity index (χ2n) is 4.21.